The zero-order chi connectivity index (χ0) is 6.57. The maximum atomic E-state index is 10.6. The van der Waals surface area contributed by atoms with E-state index in [0.29, 0.717) is 17.3 Å². The first-order chi connectivity index (χ1) is 3.72. The van der Waals surface area contributed by atoms with Gasteiger partial charge in [0.15, 0.2) is 5.78 Å². The molecule has 0 saturated carbocycles. The molecule has 0 bridgehead atoms. The Hall–Kier alpha value is -0.110. The first kappa shape index (κ1) is 7.89. The summed E-state index contributed by atoms with van der Waals surface area (Å²) in [7, 11) is 0. The van der Waals surface area contributed by atoms with Crippen LogP contribution in [0.2, 0.25) is 0 Å². The van der Waals surface area contributed by atoms with Gasteiger partial charge in [-0.25, -0.2) is 0 Å². The number of hydrogen-bond acceptors (Lipinski definition) is 1. The van der Waals surface area contributed by atoms with E-state index >= 15 is 0 Å². The quantitative estimate of drug-likeness (QED) is 0.475. The minimum atomic E-state index is 0.141. The Morgan fingerprint density at radius 2 is 2.25 bits per heavy atom. The van der Waals surface area contributed by atoms with Crippen LogP contribution in [0.3, 0.4) is 0 Å². The first-order valence-electron chi connectivity index (χ1n) is 2.49. The summed E-state index contributed by atoms with van der Waals surface area (Å²) in [6, 6.07) is 0. The van der Waals surface area contributed by atoms with Crippen molar-refractivity contribution in [2.24, 2.45) is 0 Å². The average molecular weight is 177 g/mol. The van der Waals surface area contributed by atoms with Crippen molar-refractivity contribution in [2.45, 2.75) is 13.3 Å². The summed E-state index contributed by atoms with van der Waals surface area (Å²) in [6.07, 6.45) is 0.560. The van der Waals surface area contributed by atoms with E-state index in [1.807, 2.05) is 6.92 Å². The molecule has 0 saturated heterocycles. The highest BCUT2D eigenvalue weighted by molar-refractivity contribution is 9.09. The van der Waals surface area contributed by atoms with Gasteiger partial charge in [-0.1, -0.05) is 29.4 Å². The van der Waals surface area contributed by atoms with Crippen molar-refractivity contribution in [2.75, 3.05) is 5.33 Å². The molecule has 8 heavy (non-hydrogen) atoms. The van der Waals surface area contributed by atoms with E-state index in [2.05, 4.69) is 22.5 Å². The zero-order valence-corrected chi connectivity index (χ0v) is 6.49. The molecular formula is C6H9BrO. The first-order valence-corrected chi connectivity index (χ1v) is 3.61. The molecule has 0 amide bonds. The van der Waals surface area contributed by atoms with E-state index in [1.54, 1.807) is 0 Å². The molecule has 0 fully saturated rings. The van der Waals surface area contributed by atoms with E-state index in [-0.39, 0.29) is 5.78 Å². The van der Waals surface area contributed by atoms with Gasteiger partial charge in [-0.05, 0) is 5.57 Å². The molecule has 2 heteroatoms. The summed E-state index contributed by atoms with van der Waals surface area (Å²) in [5, 5.41) is 0.597. The monoisotopic (exact) mass is 176 g/mol. The van der Waals surface area contributed by atoms with Crippen molar-refractivity contribution in [1.29, 1.82) is 0 Å². The zero-order valence-electron chi connectivity index (χ0n) is 4.91. The Labute approximate surface area is 57.9 Å². The molecule has 0 unspecified atom stereocenters. The van der Waals surface area contributed by atoms with Gasteiger partial charge in [0.05, 0.1) is 0 Å². The minimum Gasteiger partial charge on any atom is -0.295 e. The number of ketones is 1. The Kier molecular flexibility index (Phi) is 3.79. The number of carbonyl (C=O) groups excluding carboxylic acids is 1. The number of Topliss-reactive ketones (excluding diaryl/α,β-unsaturated/α-hetero) is 1. The van der Waals surface area contributed by atoms with Crippen LogP contribution in [0.4, 0.5) is 0 Å². The minimum absolute atomic E-state index is 0.141. The van der Waals surface area contributed by atoms with Crippen LogP contribution in [-0.4, -0.2) is 11.1 Å². The fourth-order valence-corrected chi connectivity index (χ4v) is 0.637. The van der Waals surface area contributed by atoms with Gasteiger partial charge in [0, 0.05) is 11.8 Å². The molecule has 1 nitrogen and oxygen atoms in total. The van der Waals surface area contributed by atoms with Gasteiger partial charge in [-0.3, -0.25) is 4.79 Å². The van der Waals surface area contributed by atoms with Crippen LogP contribution in [0.1, 0.15) is 13.3 Å². The third-order valence-electron chi connectivity index (χ3n) is 0.877. The number of hydrogen-bond donors (Lipinski definition) is 0. The Morgan fingerprint density at radius 1 is 1.75 bits per heavy atom. The molecule has 0 aliphatic heterocycles. The largest absolute Gasteiger partial charge is 0.295 e. The number of carbonyl (C=O) groups is 1. The highest BCUT2D eigenvalue weighted by atomic mass is 79.9. The van der Waals surface area contributed by atoms with E-state index in [1.165, 1.54) is 0 Å². The lowest BCUT2D eigenvalue weighted by molar-refractivity contribution is -0.115. The third-order valence-corrected chi connectivity index (χ3v) is 1.55. The maximum absolute atomic E-state index is 10.6. The van der Waals surface area contributed by atoms with E-state index in [4.69, 9.17) is 0 Å². The fourth-order valence-electron chi connectivity index (χ4n) is 0.325. The van der Waals surface area contributed by atoms with Crippen LogP contribution in [0.25, 0.3) is 0 Å². The predicted molar refractivity (Wildman–Crippen MR) is 38.2 cm³/mol. The summed E-state index contributed by atoms with van der Waals surface area (Å²) < 4.78 is 0. The van der Waals surface area contributed by atoms with Gasteiger partial charge in [-0.2, -0.15) is 0 Å². The smallest absolute Gasteiger partial charge is 0.158 e. The van der Waals surface area contributed by atoms with Gasteiger partial charge < -0.3 is 0 Å². The molecule has 0 aromatic heterocycles. The Balaban J connectivity index is 3.64. The van der Waals surface area contributed by atoms with Crippen molar-refractivity contribution in [1.82, 2.24) is 0 Å². The molecule has 46 valence electrons. The molecule has 0 aromatic carbocycles. The molecule has 0 atom stereocenters. The van der Waals surface area contributed by atoms with Gasteiger partial charge in [0.2, 0.25) is 0 Å². The standard InChI is InChI=1S/C6H9BrO/c1-3-6(8)5(2)4-7/h2-4H2,1H3. The molecule has 0 heterocycles. The Bertz CT molecular complexity index is 93.1. The number of halogens is 1. The normalized spacial score (nSPS) is 8.75. The Morgan fingerprint density at radius 3 is 2.38 bits per heavy atom. The second-order valence-corrected chi connectivity index (χ2v) is 2.07. The van der Waals surface area contributed by atoms with E-state index < -0.39 is 0 Å². The molecule has 0 aliphatic carbocycles. The molecule has 0 aromatic rings. The van der Waals surface area contributed by atoms with Crippen LogP contribution in [0, 0.1) is 0 Å². The van der Waals surface area contributed by atoms with Crippen molar-refractivity contribution in [3.05, 3.63) is 12.2 Å². The number of rotatable bonds is 3. The molecule has 0 spiro atoms. The fraction of sp³-hybridized carbons (Fsp3) is 0.500. The third kappa shape index (κ3) is 2.26. The summed E-state index contributed by atoms with van der Waals surface area (Å²) >= 11 is 3.14. The molecular weight excluding hydrogens is 168 g/mol. The summed E-state index contributed by atoms with van der Waals surface area (Å²) in [5.41, 5.74) is 0.660. The molecule has 0 radical (unpaired) electrons. The maximum Gasteiger partial charge on any atom is 0.158 e. The predicted octanol–water partition coefficient (Wildman–Crippen LogP) is 1.92. The van der Waals surface area contributed by atoms with E-state index in [9.17, 15) is 4.79 Å². The highest BCUT2D eigenvalue weighted by Gasteiger charge is 1.99. The van der Waals surface area contributed by atoms with E-state index in [0.717, 1.165) is 0 Å². The second kappa shape index (κ2) is 3.84. The topological polar surface area (TPSA) is 17.1 Å². The lowest BCUT2D eigenvalue weighted by atomic mass is 10.2. The molecule has 0 aliphatic rings. The second-order valence-electron chi connectivity index (χ2n) is 1.51. The molecule has 0 rings (SSSR count). The summed E-state index contributed by atoms with van der Waals surface area (Å²) in [6.45, 7) is 5.38. The number of alkyl halides is 1. The lowest BCUT2D eigenvalue weighted by Crippen LogP contribution is -1.98. The van der Waals surface area contributed by atoms with Crippen LogP contribution in [-0.2, 0) is 4.79 Å². The van der Waals surface area contributed by atoms with Gasteiger partial charge in [-0.15, -0.1) is 0 Å². The summed E-state index contributed by atoms with van der Waals surface area (Å²) in [5.74, 6) is 0.141. The SMILES string of the molecule is C=C(CBr)C(=O)CC. The van der Waals surface area contributed by atoms with Crippen molar-refractivity contribution in [3.8, 4) is 0 Å². The van der Waals surface area contributed by atoms with Gasteiger partial charge in [0.1, 0.15) is 0 Å². The van der Waals surface area contributed by atoms with Crippen molar-refractivity contribution in [3.63, 3.8) is 0 Å². The van der Waals surface area contributed by atoms with Crippen LogP contribution in [0.15, 0.2) is 12.2 Å². The number of allylic oxidation sites excluding steroid dienone is 1. The van der Waals surface area contributed by atoms with Crippen LogP contribution in [0.5, 0.6) is 0 Å². The van der Waals surface area contributed by atoms with Gasteiger partial charge >= 0.3 is 0 Å². The van der Waals surface area contributed by atoms with Gasteiger partial charge in [0.25, 0.3) is 0 Å². The molecule has 0 N–H and O–H groups in total. The summed E-state index contributed by atoms with van der Waals surface area (Å²) in [4.78, 5) is 10.6. The highest BCUT2D eigenvalue weighted by Crippen LogP contribution is 1.99. The van der Waals surface area contributed by atoms with Crippen molar-refractivity contribution < 1.29 is 4.79 Å². The average Bonchev–Trinajstić information content (AvgIpc) is 1.84. The van der Waals surface area contributed by atoms with Crippen LogP contribution < -0.4 is 0 Å². The lowest BCUT2D eigenvalue weighted by Gasteiger charge is -1.92. The van der Waals surface area contributed by atoms with Crippen LogP contribution >= 0.6 is 15.9 Å². The van der Waals surface area contributed by atoms with Crippen molar-refractivity contribution >= 4 is 21.7 Å².